The third-order valence-corrected chi connectivity index (χ3v) is 6.16. The predicted molar refractivity (Wildman–Crippen MR) is 126 cm³/mol. The SMILES string of the molecule is B/C=C/C(B)C(B)/C(B)=C/c1c(B)c(B)c(B)c(Br)c1B. The highest BCUT2D eigenvalue weighted by molar-refractivity contribution is 9.10. The molecular formula is C12H21B8Br. The Morgan fingerprint density at radius 1 is 0.952 bits per heavy atom. The summed E-state index contributed by atoms with van der Waals surface area (Å²) in [5, 5.41) is 0. The van der Waals surface area contributed by atoms with Crippen LogP contribution in [0.5, 0.6) is 0 Å². The van der Waals surface area contributed by atoms with Gasteiger partial charge < -0.3 is 0 Å². The molecule has 0 amide bonds. The third-order valence-electron chi connectivity index (χ3n) is 4.97. The van der Waals surface area contributed by atoms with Crippen LogP contribution in [0.25, 0.3) is 6.08 Å². The molecule has 1 aromatic carbocycles. The summed E-state index contributed by atoms with van der Waals surface area (Å²) in [6.45, 7) is 0. The molecule has 0 aliphatic rings. The van der Waals surface area contributed by atoms with Crippen LogP contribution in [0.2, 0.25) is 11.6 Å². The zero-order valence-corrected chi connectivity index (χ0v) is 16.4. The summed E-state index contributed by atoms with van der Waals surface area (Å²) in [6.07, 6.45) is 4.67. The molecule has 0 aliphatic carbocycles. The standard InChI is InChI=1S/C12H21B8Br/c13-2-1-5(14)9(18)6(15)3-4-7(16)10(19)11(20)12(21)8(4)17/h1-3,5,9H,13-20H2/b2-1+,6-3-. The summed E-state index contributed by atoms with van der Waals surface area (Å²) in [5.41, 5.74) is 8.32. The van der Waals surface area contributed by atoms with E-state index in [1.165, 1.54) is 37.4 Å². The molecule has 0 N–H and O–H groups in total. The number of rotatable bonds is 4. The first-order valence-corrected chi connectivity index (χ1v) is 8.58. The average Bonchev–Trinajstić information content (AvgIpc) is 2.46. The molecule has 2 atom stereocenters. The molecule has 100 valence electrons. The van der Waals surface area contributed by atoms with Gasteiger partial charge >= 0.3 is 0 Å². The normalized spacial score (nSPS) is 15.2. The van der Waals surface area contributed by atoms with Gasteiger partial charge in [-0.15, -0.1) is 17.5 Å². The summed E-state index contributed by atoms with van der Waals surface area (Å²) in [5.74, 6) is 3.28. The Hall–Kier alpha value is -0.301. The molecule has 0 saturated heterocycles. The molecule has 21 heavy (non-hydrogen) atoms. The van der Waals surface area contributed by atoms with E-state index >= 15 is 0 Å². The molecule has 0 heterocycles. The van der Waals surface area contributed by atoms with Gasteiger partial charge in [-0.25, -0.2) is 0 Å². The lowest BCUT2D eigenvalue weighted by Crippen LogP contribution is -2.46. The third kappa shape index (κ3) is 4.12. The minimum Gasteiger partial charge on any atom is -0.128 e. The Kier molecular flexibility index (Phi) is 6.97. The molecule has 9 heteroatoms. The van der Waals surface area contributed by atoms with Crippen LogP contribution >= 0.6 is 15.9 Å². The van der Waals surface area contributed by atoms with E-state index in [-0.39, 0.29) is 0 Å². The highest BCUT2D eigenvalue weighted by atomic mass is 79.9. The monoisotopic (exact) mass is 332 g/mol. The van der Waals surface area contributed by atoms with Gasteiger partial charge in [-0.3, -0.25) is 0 Å². The van der Waals surface area contributed by atoms with Gasteiger partial charge in [0.1, 0.15) is 62.8 Å². The van der Waals surface area contributed by atoms with Gasteiger partial charge in [-0.2, -0.15) is 0 Å². The maximum atomic E-state index is 3.76. The molecule has 0 nitrogen and oxygen atoms in total. The summed E-state index contributed by atoms with van der Waals surface area (Å²) < 4.78 is 1.25. The summed E-state index contributed by atoms with van der Waals surface area (Å²) in [4.78, 5) is 0. The van der Waals surface area contributed by atoms with Crippen LogP contribution in [-0.2, 0) is 0 Å². The Labute approximate surface area is 145 Å². The number of allylic oxidation sites excluding steroid dienone is 2. The first-order valence-electron chi connectivity index (χ1n) is 7.79. The van der Waals surface area contributed by atoms with Crippen LogP contribution in [0.1, 0.15) is 5.56 Å². The van der Waals surface area contributed by atoms with Crippen molar-refractivity contribution >= 4 is 107 Å². The Balaban J connectivity index is 3.33. The Bertz CT molecular complexity index is 566. The molecular weight excluding hydrogens is 311 g/mol. The van der Waals surface area contributed by atoms with E-state index in [0.29, 0.717) is 11.6 Å². The second-order valence-corrected chi connectivity index (χ2v) is 7.08. The first-order chi connectivity index (χ1) is 9.72. The number of halogens is 1. The number of benzene rings is 1. The lowest BCUT2D eigenvalue weighted by atomic mass is 9.58. The molecule has 0 aromatic heterocycles. The molecule has 2 unspecified atom stereocenters. The van der Waals surface area contributed by atoms with Gasteiger partial charge in [0.05, 0.1) is 0 Å². The second-order valence-electron chi connectivity index (χ2n) is 6.29. The van der Waals surface area contributed by atoms with Crippen molar-refractivity contribution in [2.45, 2.75) is 11.6 Å². The van der Waals surface area contributed by atoms with Crippen molar-refractivity contribution in [1.29, 1.82) is 0 Å². The van der Waals surface area contributed by atoms with E-state index in [1.807, 2.05) is 0 Å². The van der Waals surface area contributed by atoms with Gasteiger partial charge in [0.25, 0.3) is 0 Å². The van der Waals surface area contributed by atoms with E-state index in [9.17, 15) is 0 Å². The smallest absolute Gasteiger partial charge is 0.128 e. The molecule has 0 aliphatic heterocycles. The van der Waals surface area contributed by atoms with Crippen LogP contribution in [-0.4, -0.2) is 62.8 Å². The largest absolute Gasteiger partial charge is 0.141 e. The van der Waals surface area contributed by atoms with Crippen molar-refractivity contribution in [3.8, 4) is 0 Å². The van der Waals surface area contributed by atoms with Crippen molar-refractivity contribution in [2.24, 2.45) is 0 Å². The molecule has 1 rings (SSSR count). The van der Waals surface area contributed by atoms with Crippen molar-refractivity contribution in [3.05, 3.63) is 27.6 Å². The summed E-state index contributed by atoms with van der Waals surface area (Å²) in [6, 6.07) is 0. The van der Waals surface area contributed by atoms with E-state index in [2.05, 4.69) is 96.8 Å². The molecule has 0 saturated carbocycles. The predicted octanol–water partition coefficient (Wildman–Crippen LogP) is -6.55. The highest BCUT2D eigenvalue weighted by Gasteiger charge is 2.14. The van der Waals surface area contributed by atoms with Crippen LogP contribution in [0.15, 0.2) is 22.0 Å². The fourth-order valence-corrected chi connectivity index (χ4v) is 3.30. The van der Waals surface area contributed by atoms with Gasteiger partial charge in [-0.05, 0) is 5.56 Å². The van der Waals surface area contributed by atoms with Crippen LogP contribution in [0, 0.1) is 0 Å². The van der Waals surface area contributed by atoms with Gasteiger partial charge in [0, 0.05) is 4.47 Å². The van der Waals surface area contributed by atoms with E-state index in [1.54, 1.807) is 0 Å². The summed E-state index contributed by atoms with van der Waals surface area (Å²) in [7, 11) is 17.8. The van der Waals surface area contributed by atoms with E-state index in [4.69, 9.17) is 0 Å². The van der Waals surface area contributed by atoms with Crippen molar-refractivity contribution in [2.75, 3.05) is 0 Å². The lowest BCUT2D eigenvalue weighted by molar-refractivity contribution is 1.02. The minimum atomic E-state index is 0.556. The van der Waals surface area contributed by atoms with Crippen molar-refractivity contribution < 1.29 is 0 Å². The van der Waals surface area contributed by atoms with Gasteiger partial charge in [0.2, 0.25) is 0 Å². The Morgan fingerprint density at radius 3 is 2.05 bits per heavy atom. The number of hydrogen-bond acceptors (Lipinski definition) is 0. The topological polar surface area (TPSA) is 0 Å². The summed E-state index contributed by atoms with van der Waals surface area (Å²) >= 11 is 3.76. The van der Waals surface area contributed by atoms with Gasteiger partial charge in [0.15, 0.2) is 0 Å². The van der Waals surface area contributed by atoms with E-state index < -0.39 is 0 Å². The fourth-order valence-electron chi connectivity index (χ4n) is 2.79. The Morgan fingerprint density at radius 2 is 1.52 bits per heavy atom. The van der Waals surface area contributed by atoms with Crippen LogP contribution in [0.3, 0.4) is 0 Å². The minimum absolute atomic E-state index is 0.556. The molecule has 0 fully saturated rings. The lowest BCUT2D eigenvalue weighted by Gasteiger charge is -2.21. The zero-order chi connectivity index (χ0) is 16.3. The van der Waals surface area contributed by atoms with Crippen molar-refractivity contribution in [3.63, 3.8) is 0 Å². The average molecular weight is 332 g/mol. The number of hydrogen-bond donors (Lipinski definition) is 0. The van der Waals surface area contributed by atoms with Crippen LogP contribution in [0.4, 0.5) is 0 Å². The van der Waals surface area contributed by atoms with Gasteiger partial charge in [-0.1, -0.05) is 55.5 Å². The maximum Gasteiger partial charge on any atom is 0.141 e. The quantitative estimate of drug-likeness (QED) is 0.482. The molecule has 0 bridgehead atoms. The zero-order valence-electron chi connectivity index (χ0n) is 14.8. The van der Waals surface area contributed by atoms with Crippen LogP contribution < -0.4 is 21.9 Å². The molecule has 1 aromatic rings. The van der Waals surface area contributed by atoms with E-state index in [0.717, 1.165) is 0 Å². The second kappa shape index (κ2) is 7.81. The maximum absolute atomic E-state index is 3.76. The first kappa shape index (κ1) is 18.7. The fraction of sp³-hybridized carbons (Fsp3) is 0.167. The molecule has 0 radical (unpaired) electrons. The highest BCUT2D eigenvalue weighted by Crippen LogP contribution is 2.26. The van der Waals surface area contributed by atoms with Crippen molar-refractivity contribution in [1.82, 2.24) is 0 Å². The molecule has 0 spiro atoms.